The van der Waals surface area contributed by atoms with Gasteiger partial charge >= 0.3 is 0 Å². The van der Waals surface area contributed by atoms with Crippen molar-refractivity contribution < 1.29 is 31.2 Å². The first-order valence-corrected chi connectivity index (χ1v) is 15.6. The Morgan fingerprint density at radius 2 is 1.48 bits per heavy atom. The van der Waals surface area contributed by atoms with Gasteiger partial charge in [0.15, 0.2) is 17.7 Å². The Morgan fingerprint density at radius 1 is 0.850 bits per heavy atom. The van der Waals surface area contributed by atoms with Crippen molar-refractivity contribution in [3.05, 3.63) is 59.6 Å². The molecule has 3 rings (SSSR count). The lowest BCUT2D eigenvalue weighted by atomic mass is 10.1. The van der Waals surface area contributed by atoms with Crippen LogP contribution in [0.2, 0.25) is 0 Å². The maximum absolute atomic E-state index is 12.7. The van der Waals surface area contributed by atoms with E-state index in [1.54, 1.807) is 18.4 Å². The third kappa shape index (κ3) is 11.9. The zero-order valence-corrected chi connectivity index (χ0v) is 26.1. The molecule has 220 valence electrons. The molecule has 0 spiro atoms. The van der Waals surface area contributed by atoms with E-state index in [0.29, 0.717) is 12.4 Å². The van der Waals surface area contributed by atoms with Gasteiger partial charge in [0.2, 0.25) is 5.91 Å². The molecule has 0 atom stereocenters. The highest BCUT2D eigenvalue weighted by molar-refractivity contribution is 7.12. The van der Waals surface area contributed by atoms with Gasteiger partial charge in [-0.15, -0.1) is 0 Å². The minimum absolute atomic E-state index is 0. The molecule has 7 heteroatoms. The van der Waals surface area contributed by atoms with E-state index in [1.807, 2.05) is 55.7 Å². The van der Waals surface area contributed by atoms with E-state index in [4.69, 9.17) is 9.47 Å². The van der Waals surface area contributed by atoms with Gasteiger partial charge in [0.25, 0.3) is 5.01 Å². The van der Waals surface area contributed by atoms with Gasteiger partial charge in [0.05, 0.1) is 31.1 Å². The molecule has 0 unspecified atom stereocenters. The number of unbranched alkanes of at least 4 members (excludes halogenated alkanes) is 11. The van der Waals surface area contributed by atoms with Crippen molar-refractivity contribution in [1.82, 2.24) is 0 Å². The first-order chi connectivity index (χ1) is 19.1. The van der Waals surface area contributed by atoms with Crippen molar-refractivity contribution in [2.45, 2.75) is 90.4 Å². The van der Waals surface area contributed by atoms with Crippen molar-refractivity contribution in [3.63, 3.8) is 0 Å². The number of carbonyl (C=O) groups is 1. The van der Waals surface area contributed by atoms with Gasteiger partial charge < -0.3 is 27.2 Å². The summed E-state index contributed by atoms with van der Waals surface area (Å²) in [5.74, 6) is 1.35. The van der Waals surface area contributed by atoms with Crippen LogP contribution in [0.5, 0.6) is 11.5 Å². The van der Waals surface area contributed by atoms with E-state index in [0.717, 1.165) is 29.0 Å². The lowest BCUT2D eigenvalue weighted by molar-refractivity contribution is -0.655. The summed E-state index contributed by atoms with van der Waals surface area (Å²) in [6, 6.07) is 13.7. The highest BCUT2D eigenvalue weighted by Crippen LogP contribution is 2.29. The van der Waals surface area contributed by atoms with E-state index >= 15 is 0 Å². The fourth-order valence-corrected chi connectivity index (χ4v) is 5.63. The number of benzene rings is 2. The van der Waals surface area contributed by atoms with E-state index in [-0.39, 0.29) is 24.7 Å². The molecule has 1 amide bonds. The molecule has 2 aromatic carbocycles. The molecule has 0 aliphatic carbocycles. The van der Waals surface area contributed by atoms with E-state index in [1.165, 1.54) is 75.6 Å². The average molecular weight is 587 g/mol. The number of rotatable bonds is 19. The van der Waals surface area contributed by atoms with Gasteiger partial charge in [-0.05, 0) is 48.4 Å². The van der Waals surface area contributed by atoms with E-state index in [9.17, 15) is 4.79 Å². The maximum Gasteiger partial charge on any atom is 0.268 e. The molecule has 0 saturated carbocycles. The third-order valence-electron chi connectivity index (χ3n) is 7.05. The summed E-state index contributed by atoms with van der Waals surface area (Å²) in [6.07, 6.45) is 18.2. The Bertz CT molecular complexity index is 1120. The number of amides is 1. The molecule has 1 heterocycles. The number of nitrogens with zero attached hydrogens (tertiary/aromatic N) is 1. The SMILES string of the molecule is CCCCCCCCCCCCCCOc1ccc(CC(=O)Nc2ccc(-c3scc[n+]3C)cc2)cc1OC.[Cl-]. The predicted octanol–water partition coefficient (Wildman–Crippen LogP) is 5.51. The smallest absolute Gasteiger partial charge is 0.268 e. The molecule has 0 fully saturated rings. The number of aryl methyl sites for hydroxylation is 1. The monoisotopic (exact) mass is 586 g/mol. The highest BCUT2D eigenvalue weighted by atomic mass is 35.5. The molecule has 1 aromatic heterocycles. The maximum atomic E-state index is 12.7. The molecule has 1 N–H and O–H groups in total. The number of hydrogen-bond acceptors (Lipinski definition) is 4. The minimum atomic E-state index is -0.0587. The second-order valence-corrected chi connectivity index (χ2v) is 11.2. The summed E-state index contributed by atoms with van der Waals surface area (Å²) in [5.41, 5.74) is 2.82. The first-order valence-electron chi connectivity index (χ1n) is 14.7. The van der Waals surface area contributed by atoms with Crippen LogP contribution in [0.4, 0.5) is 5.69 Å². The summed E-state index contributed by atoms with van der Waals surface area (Å²) in [4.78, 5) is 12.7. The Kier molecular flexibility index (Phi) is 16.4. The Balaban J connectivity index is 0.00000560. The first kappa shape index (κ1) is 33.6. The molecule has 0 aliphatic heterocycles. The van der Waals surface area contributed by atoms with Gasteiger partial charge in [-0.1, -0.05) is 95.0 Å². The fourth-order valence-electron chi connectivity index (χ4n) is 4.76. The van der Waals surface area contributed by atoms with Gasteiger partial charge in [0.1, 0.15) is 7.05 Å². The van der Waals surface area contributed by atoms with E-state index < -0.39 is 0 Å². The van der Waals surface area contributed by atoms with Gasteiger partial charge in [-0.25, -0.2) is 0 Å². The van der Waals surface area contributed by atoms with Gasteiger partial charge in [0, 0.05) is 5.69 Å². The standard InChI is InChI=1S/C33H46N2O3S.ClH/c1-4-5-6-7-8-9-10-11-12-13-14-15-23-38-30-21-16-27(25-31(30)37-3)26-32(36)34-29-19-17-28(18-20-29)33-35(2)22-24-39-33;/h16-22,24-25H,4-15,23,26H2,1-3H3;1H. The number of methoxy groups -OCH3 is 1. The molecular weight excluding hydrogens is 540 g/mol. The number of carbonyl (C=O) groups excluding carboxylic acids is 1. The second kappa shape index (κ2) is 19.5. The Labute approximate surface area is 251 Å². The van der Waals surface area contributed by atoms with Crippen LogP contribution < -0.4 is 31.8 Å². The number of halogens is 1. The van der Waals surface area contributed by atoms with Crippen LogP contribution in [0.25, 0.3) is 10.6 Å². The second-order valence-electron chi connectivity index (χ2n) is 10.3. The summed E-state index contributed by atoms with van der Waals surface area (Å²) < 4.78 is 13.6. The lowest BCUT2D eigenvalue weighted by Gasteiger charge is -2.12. The summed E-state index contributed by atoms with van der Waals surface area (Å²) in [6.45, 7) is 2.96. The average Bonchev–Trinajstić information content (AvgIpc) is 3.37. The number of nitrogens with one attached hydrogen (secondary N) is 1. The zero-order valence-electron chi connectivity index (χ0n) is 24.6. The van der Waals surface area contributed by atoms with Crippen molar-refractivity contribution >= 4 is 22.9 Å². The highest BCUT2D eigenvalue weighted by Gasteiger charge is 2.12. The number of aromatic nitrogens is 1. The molecule has 40 heavy (non-hydrogen) atoms. The topological polar surface area (TPSA) is 51.4 Å². The fraction of sp³-hybridized carbons (Fsp3) is 0.515. The number of ether oxygens (including phenoxy) is 2. The van der Waals surface area contributed by atoms with Gasteiger partial charge in [-0.2, -0.15) is 4.57 Å². The van der Waals surface area contributed by atoms with Crippen LogP contribution in [-0.2, 0) is 18.3 Å². The van der Waals surface area contributed by atoms with Crippen molar-refractivity contribution in [1.29, 1.82) is 0 Å². The number of anilines is 1. The molecule has 5 nitrogen and oxygen atoms in total. The van der Waals surface area contributed by atoms with Crippen LogP contribution in [0.1, 0.15) is 89.5 Å². The largest absolute Gasteiger partial charge is 1.00 e. The van der Waals surface area contributed by atoms with E-state index in [2.05, 4.69) is 22.2 Å². The van der Waals surface area contributed by atoms with Crippen LogP contribution in [0, 0.1) is 0 Å². The third-order valence-corrected chi connectivity index (χ3v) is 8.05. The minimum Gasteiger partial charge on any atom is -1.00 e. The van der Waals surface area contributed by atoms with Crippen molar-refractivity contribution in [2.24, 2.45) is 7.05 Å². The quantitative estimate of drug-likeness (QED) is 0.149. The molecular formula is C33H47ClN2O3S. The normalized spacial score (nSPS) is 10.7. The molecule has 3 aromatic rings. The van der Waals surface area contributed by atoms with Crippen LogP contribution in [0.3, 0.4) is 0 Å². The Morgan fingerprint density at radius 3 is 2.05 bits per heavy atom. The Hall–Kier alpha value is -2.57. The molecule has 0 radical (unpaired) electrons. The number of thiazole rings is 1. The van der Waals surface area contributed by atoms with Crippen molar-refractivity contribution in [2.75, 3.05) is 19.0 Å². The van der Waals surface area contributed by atoms with Crippen LogP contribution >= 0.6 is 11.3 Å². The summed E-state index contributed by atoms with van der Waals surface area (Å²) in [5, 5.41) is 6.24. The number of hydrogen-bond donors (Lipinski definition) is 1. The van der Waals surface area contributed by atoms with Crippen molar-refractivity contribution in [3.8, 4) is 22.1 Å². The summed E-state index contributed by atoms with van der Waals surface area (Å²) >= 11 is 1.70. The molecule has 0 bridgehead atoms. The lowest BCUT2D eigenvalue weighted by Crippen LogP contribution is -3.00. The molecule has 0 aliphatic rings. The summed E-state index contributed by atoms with van der Waals surface area (Å²) in [7, 11) is 3.68. The predicted molar refractivity (Wildman–Crippen MR) is 163 cm³/mol. The van der Waals surface area contributed by atoms with Crippen LogP contribution in [-0.4, -0.2) is 19.6 Å². The van der Waals surface area contributed by atoms with Gasteiger partial charge in [-0.3, -0.25) is 4.79 Å². The van der Waals surface area contributed by atoms with Crippen LogP contribution in [0.15, 0.2) is 54.0 Å². The zero-order chi connectivity index (χ0) is 27.7. The molecule has 0 saturated heterocycles.